The molecule has 0 saturated heterocycles. The van der Waals surface area contributed by atoms with E-state index < -0.39 is 0 Å². The number of hydrogen-bond acceptors (Lipinski definition) is 1. The maximum atomic E-state index is 5.96. The van der Waals surface area contributed by atoms with E-state index in [1.165, 1.54) is 0 Å². The van der Waals surface area contributed by atoms with Crippen molar-refractivity contribution in [1.82, 2.24) is 4.57 Å². The van der Waals surface area contributed by atoms with Crippen molar-refractivity contribution in [2.75, 3.05) is 6.54 Å². The maximum Gasteiger partial charge on any atom is 0.0702 e. The molecule has 0 fully saturated rings. The number of rotatable bonds is 3. The SMILES string of the molecule is NCC(c1cccc(Cl)c1)n1cccc1. The van der Waals surface area contributed by atoms with Crippen LogP contribution in [0.5, 0.6) is 0 Å². The number of benzene rings is 1. The summed E-state index contributed by atoms with van der Waals surface area (Å²) < 4.78 is 2.09. The first kappa shape index (κ1) is 10.3. The molecular formula is C12H13ClN2. The lowest BCUT2D eigenvalue weighted by Gasteiger charge is -2.17. The molecule has 0 aliphatic rings. The number of nitrogens with two attached hydrogens (primary N) is 1. The van der Waals surface area contributed by atoms with Gasteiger partial charge in [-0.05, 0) is 29.8 Å². The van der Waals surface area contributed by atoms with Gasteiger partial charge in [0.05, 0.1) is 6.04 Å². The van der Waals surface area contributed by atoms with Crippen LogP contribution in [0.25, 0.3) is 0 Å². The Balaban J connectivity index is 2.35. The highest BCUT2D eigenvalue weighted by atomic mass is 35.5. The molecule has 0 radical (unpaired) electrons. The summed E-state index contributed by atoms with van der Waals surface area (Å²) in [4.78, 5) is 0. The van der Waals surface area contributed by atoms with Gasteiger partial charge >= 0.3 is 0 Å². The molecule has 0 bridgehead atoms. The lowest BCUT2D eigenvalue weighted by atomic mass is 10.1. The van der Waals surface area contributed by atoms with Crippen molar-refractivity contribution in [2.45, 2.75) is 6.04 Å². The fraction of sp³-hybridized carbons (Fsp3) is 0.167. The molecule has 1 aromatic heterocycles. The lowest BCUT2D eigenvalue weighted by molar-refractivity contribution is 0.598. The third-order valence-corrected chi connectivity index (χ3v) is 2.68. The molecule has 1 unspecified atom stereocenters. The summed E-state index contributed by atoms with van der Waals surface area (Å²) in [6.45, 7) is 0.565. The zero-order valence-corrected chi connectivity index (χ0v) is 9.06. The van der Waals surface area contributed by atoms with Crippen LogP contribution in [0, 0.1) is 0 Å². The van der Waals surface area contributed by atoms with E-state index in [2.05, 4.69) is 4.57 Å². The van der Waals surface area contributed by atoms with Gasteiger partial charge in [0.1, 0.15) is 0 Å². The van der Waals surface area contributed by atoms with Crippen molar-refractivity contribution in [3.63, 3.8) is 0 Å². The second kappa shape index (κ2) is 4.51. The summed E-state index contributed by atoms with van der Waals surface area (Å²) in [6, 6.07) is 12.0. The molecule has 1 atom stereocenters. The van der Waals surface area contributed by atoms with E-state index in [4.69, 9.17) is 17.3 Å². The Morgan fingerprint density at radius 1 is 1.20 bits per heavy atom. The van der Waals surface area contributed by atoms with Crippen molar-refractivity contribution in [2.24, 2.45) is 5.73 Å². The van der Waals surface area contributed by atoms with E-state index >= 15 is 0 Å². The smallest absolute Gasteiger partial charge is 0.0702 e. The van der Waals surface area contributed by atoms with Crippen LogP contribution in [0.2, 0.25) is 5.02 Å². The van der Waals surface area contributed by atoms with Crippen LogP contribution in [0.15, 0.2) is 48.8 Å². The monoisotopic (exact) mass is 220 g/mol. The molecule has 0 saturated carbocycles. The van der Waals surface area contributed by atoms with E-state index in [1.807, 2.05) is 48.8 Å². The zero-order valence-electron chi connectivity index (χ0n) is 8.31. The molecule has 3 heteroatoms. The highest BCUT2D eigenvalue weighted by Gasteiger charge is 2.10. The fourth-order valence-electron chi connectivity index (χ4n) is 1.70. The second-order valence-electron chi connectivity index (χ2n) is 3.44. The molecular weight excluding hydrogens is 208 g/mol. The summed E-state index contributed by atoms with van der Waals surface area (Å²) in [5, 5.41) is 0.748. The average molecular weight is 221 g/mol. The van der Waals surface area contributed by atoms with Crippen LogP contribution in [0.1, 0.15) is 11.6 Å². The number of hydrogen-bond donors (Lipinski definition) is 1. The van der Waals surface area contributed by atoms with Crippen LogP contribution in [-0.2, 0) is 0 Å². The topological polar surface area (TPSA) is 30.9 Å². The van der Waals surface area contributed by atoms with Gasteiger partial charge in [0, 0.05) is 24.0 Å². The molecule has 0 aliphatic heterocycles. The van der Waals surface area contributed by atoms with Crippen LogP contribution in [-0.4, -0.2) is 11.1 Å². The molecule has 0 aliphatic carbocycles. The fourth-order valence-corrected chi connectivity index (χ4v) is 1.90. The van der Waals surface area contributed by atoms with Gasteiger partial charge in [-0.2, -0.15) is 0 Å². The molecule has 78 valence electrons. The predicted octanol–water partition coefficient (Wildman–Crippen LogP) is 2.69. The number of halogens is 1. The Hall–Kier alpha value is -1.25. The summed E-state index contributed by atoms with van der Waals surface area (Å²) in [5.74, 6) is 0. The molecule has 2 nitrogen and oxygen atoms in total. The molecule has 1 heterocycles. The molecule has 2 aromatic rings. The van der Waals surface area contributed by atoms with Gasteiger partial charge in [-0.1, -0.05) is 23.7 Å². The van der Waals surface area contributed by atoms with E-state index in [0.29, 0.717) is 6.54 Å². The highest BCUT2D eigenvalue weighted by Crippen LogP contribution is 2.20. The lowest BCUT2D eigenvalue weighted by Crippen LogP contribution is -2.19. The van der Waals surface area contributed by atoms with E-state index in [1.54, 1.807) is 0 Å². The van der Waals surface area contributed by atoms with Gasteiger partial charge in [0.15, 0.2) is 0 Å². The van der Waals surface area contributed by atoms with Crippen LogP contribution >= 0.6 is 11.6 Å². The molecule has 2 rings (SSSR count). The summed E-state index contributed by atoms with van der Waals surface area (Å²) in [6.07, 6.45) is 4.02. The van der Waals surface area contributed by atoms with Crippen LogP contribution in [0.4, 0.5) is 0 Å². The first-order valence-electron chi connectivity index (χ1n) is 4.89. The minimum atomic E-state index is 0.165. The Morgan fingerprint density at radius 2 is 1.93 bits per heavy atom. The van der Waals surface area contributed by atoms with Crippen molar-refractivity contribution in [3.05, 3.63) is 59.4 Å². The van der Waals surface area contributed by atoms with Gasteiger partial charge in [-0.25, -0.2) is 0 Å². The Bertz CT molecular complexity index is 423. The van der Waals surface area contributed by atoms with E-state index in [0.717, 1.165) is 10.6 Å². The number of nitrogens with zero attached hydrogens (tertiary/aromatic N) is 1. The van der Waals surface area contributed by atoms with Gasteiger partial charge in [-0.3, -0.25) is 0 Å². The van der Waals surface area contributed by atoms with Crippen molar-refractivity contribution < 1.29 is 0 Å². The molecule has 1 aromatic carbocycles. The van der Waals surface area contributed by atoms with E-state index in [-0.39, 0.29) is 6.04 Å². The number of aromatic nitrogens is 1. The van der Waals surface area contributed by atoms with Crippen LogP contribution in [0.3, 0.4) is 0 Å². The van der Waals surface area contributed by atoms with Crippen molar-refractivity contribution in [1.29, 1.82) is 0 Å². The second-order valence-corrected chi connectivity index (χ2v) is 3.87. The minimum absolute atomic E-state index is 0.165. The predicted molar refractivity (Wildman–Crippen MR) is 63.1 cm³/mol. The standard InChI is InChI=1S/C12H13ClN2/c13-11-5-3-4-10(8-11)12(9-14)15-6-1-2-7-15/h1-8,12H,9,14H2. The van der Waals surface area contributed by atoms with Crippen molar-refractivity contribution >= 4 is 11.6 Å². The molecule has 15 heavy (non-hydrogen) atoms. The first-order chi connectivity index (χ1) is 7.31. The summed E-state index contributed by atoms with van der Waals surface area (Å²) in [7, 11) is 0. The van der Waals surface area contributed by atoms with Gasteiger partial charge in [0.25, 0.3) is 0 Å². The Labute approximate surface area is 94.3 Å². The summed E-state index contributed by atoms with van der Waals surface area (Å²) >= 11 is 5.96. The molecule has 2 N–H and O–H groups in total. The Kier molecular flexibility index (Phi) is 3.09. The Morgan fingerprint density at radius 3 is 2.53 bits per heavy atom. The zero-order chi connectivity index (χ0) is 10.7. The summed E-state index contributed by atoms with van der Waals surface area (Å²) in [5.41, 5.74) is 6.92. The molecule has 0 amide bonds. The van der Waals surface area contributed by atoms with Crippen LogP contribution < -0.4 is 5.73 Å². The van der Waals surface area contributed by atoms with Crippen molar-refractivity contribution in [3.8, 4) is 0 Å². The minimum Gasteiger partial charge on any atom is -0.346 e. The van der Waals surface area contributed by atoms with Gasteiger partial charge in [0.2, 0.25) is 0 Å². The van der Waals surface area contributed by atoms with E-state index in [9.17, 15) is 0 Å². The highest BCUT2D eigenvalue weighted by molar-refractivity contribution is 6.30. The largest absolute Gasteiger partial charge is 0.346 e. The first-order valence-corrected chi connectivity index (χ1v) is 5.27. The third-order valence-electron chi connectivity index (χ3n) is 2.44. The van der Waals surface area contributed by atoms with Gasteiger partial charge < -0.3 is 10.3 Å². The third kappa shape index (κ3) is 2.22. The quantitative estimate of drug-likeness (QED) is 0.847. The average Bonchev–Trinajstić information content (AvgIpc) is 2.72. The maximum absolute atomic E-state index is 5.96. The molecule has 0 spiro atoms. The van der Waals surface area contributed by atoms with Gasteiger partial charge in [-0.15, -0.1) is 0 Å². The normalized spacial score (nSPS) is 12.7.